The van der Waals surface area contributed by atoms with Crippen LogP contribution in [0.2, 0.25) is 5.02 Å². The molecule has 0 fully saturated rings. The molecule has 0 saturated carbocycles. The van der Waals surface area contributed by atoms with Gasteiger partial charge in [0.1, 0.15) is 18.2 Å². The molecule has 0 aliphatic rings. The quantitative estimate of drug-likeness (QED) is 0.656. The molecular weight excluding hydrogens is 318 g/mol. The van der Waals surface area contributed by atoms with Crippen molar-refractivity contribution in [3.05, 3.63) is 52.9 Å². The van der Waals surface area contributed by atoms with Crippen LogP contribution in [0.1, 0.15) is 17.4 Å². The lowest BCUT2D eigenvalue weighted by atomic mass is 10.0. The monoisotopic (exact) mass is 333 g/mol. The standard InChI is InChI=1S/C15H16ClN5O2/c1-9-6-13(21-15(19-9)17-8-18-21)20-12(7-22)14(23)10-2-4-11(16)5-3-10/h2-6,8,12,14,20,22-23H,7H2,1H3/t12-,14+/m1/s1. The van der Waals surface area contributed by atoms with Crippen LogP contribution in [0.15, 0.2) is 36.7 Å². The average Bonchev–Trinajstić information content (AvgIpc) is 3.00. The summed E-state index contributed by atoms with van der Waals surface area (Å²) in [7, 11) is 0. The van der Waals surface area contributed by atoms with E-state index in [9.17, 15) is 10.2 Å². The molecule has 0 aliphatic heterocycles. The summed E-state index contributed by atoms with van der Waals surface area (Å²) in [6.07, 6.45) is 0.487. The lowest BCUT2D eigenvalue weighted by Crippen LogP contribution is -2.32. The molecule has 0 amide bonds. The minimum atomic E-state index is -0.913. The SMILES string of the molecule is Cc1cc(N[C@H](CO)[C@@H](O)c2ccc(Cl)cc2)n2ncnc2n1. The third-order valence-electron chi connectivity index (χ3n) is 3.50. The van der Waals surface area contributed by atoms with Crippen molar-refractivity contribution in [1.82, 2.24) is 19.6 Å². The van der Waals surface area contributed by atoms with Crippen LogP contribution in [0.5, 0.6) is 0 Å². The number of anilines is 1. The maximum Gasteiger partial charge on any atom is 0.254 e. The largest absolute Gasteiger partial charge is 0.394 e. The molecule has 3 N–H and O–H groups in total. The third-order valence-corrected chi connectivity index (χ3v) is 3.75. The number of halogens is 1. The Bertz CT molecular complexity index is 805. The molecule has 2 atom stereocenters. The van der Waals surface area contributed by atoms with Crippen LogP contribution in [0.25, 0.3) is 5.78 Å². The Balaban J connectivity index is 1.88. The van der Waals surface area contributed by atoms with Gasteiger partial charge in [-0.05, 0) is 24.6 Å². The minimum Gasteiger partial charge on any atom is -0.394 e. The average molecular weight is 334 g/mol. The molecule has 8 heteroatoms. The highest BCUT2D eigenvalue weighted by atomic mass is 35.5. The van der Waals surface area contributed by atoms with Gasteiger partial charge in [0.25, 0.3) is 5.78 Å². The molecule has 0 radical (unpaired) electrons. The number of hydrogen-bond acceptors (Lipinski definition) is 6. The third kappa shape index (κ3) is 3.26. The lowest BCUT2D eigenvalue weighted by Gasteiger charge is -2.24. The molecule has 23 heavy (non-hydrogen) atoms. The first-order valence-electron chi connectivity index (χ1n) is 7.07. The molecule has 0 spiro atoms. The summed E-state index contributed by atoms with van der Waals surface area (Å²) >= 11 is 5.86. The molecule has 120 valence electrons. The summed E-state index contributed by atoms with van der Waals surface area (Å²) in [6.45, 7) is 1.57. The predicted molar refractivity (Wildman–Crippen MR) is 86.4 cm³/mol. The van der Waals surface area contributed by atoms with E-state index in [-0.39, 0.29) is 6.61 Å². The van der Waals surface area contributed by atoms with Crippen molar-refractivity contribution >= 4 is 23.2 Å². The molecule has 0 unspecified atom stereocenters. The molecule has 0 bridgehead atoms. The summed E-state index contributed by atoms with van der Waals surface area (Å²) in [5.41, 5.74) is 1.41. The summed E-state index contributed by atoms with van der Waals surface area (Å²) in [4.78, 5) is 8.30. The van der Waals surface area contributed by atoms with Gasteiger partial charge in [0.2, 0.25) is 0 Å². The normalized spacial score (nSPS) is 13.9. The smallest absolute Gasteiger partial charge is 0.254 e. The van der Waals surface area contributed by atoms with Gasteiger partial charge in [-0.25, -0.2) is 4.98 Å². The topological polar surface area (TPSA) is 95.6 Å². The second-order valence-electron chi connectivity index (χ2n) is 5.18. The van der Waals surface area contributed by atoms with E-state index in [1.54, 1.807) is 30.3 Å². The van der Waals surface area contributed by atoms with Gasteiger partial charge in [-0.2, -0.15) is 14.6 Å². The zero-order chi connectivity index (χ0) is 16.4. The van der Waals surface area contributed by atoms with Crippen LogP contribution < -0.4 is 5.32 Å². The number of aliphatic hydroxyl groups is 2. The Hall–Kier alpha value is -2.22. The Morgan fingerprint density at radius 2 is 2.04 bits per heavy atom. The van der Waals surface area contributed by atoms with Crippen molar-refractivity contribution in [3.63, 3.8) is 0 Å². The summed E-state index contributed by atoms with van der Waals surface area (Å²) in [5, 5.41) is 27.9. The van der Waals surface area contributed by atoms with E-state index in [0.29, 0.717) is 22.2 Å². The first kappa shape index (κ1) is 15.7. The lowest BCUT2D eigenvalue weighted by molar-refractivity contribution is 0.118. The first-order chi connectivity index (χ1) is 11.1. The molecule has 3 aromatic rings. The van der Waals surface area contributed by atoms with Gasteiger partial charge < -0.3 is 15.5 Å². The molecule has 0 saturated heterocycles. The Morgan fingerprint density at radius 1 is 1.30 bits per heavy atom. The van der Waals surface area contributed by atoms with E-state index in [1.807, 2.05) is 6.92 Å². The molecule has 2 aromatic heterocycles. The number of aromatic nitrogens is 4. The van der Waals surface area contributed by atoms with Crippen LogP contribution in [0.4, 0.5) is 5.82 Å². The van der Waals surface area contributed by atoms with Crippen molar-refractivity contribution in [2.75, 3.05) is 11.9 Å². The fraction of sp³-hybridized carbons (Fsp3) is 0.267. The Labute approximate surface area is 137 Å². The van der Waals surface area contributed by atoms with Gasteiger partial charge in [-0.1, -0.05) is 23.7 Å². The van der Waals surface area contributed by atoms with E-state index in [2.05, 4.69) is 20.4 Å². The molecule has 3 rings (SSSR count). The van der Waals surface area contributed by atoms with Crippen LogP contribution in [0, 0.1) is 6.92 Å². The summed E-state index contributed by atoms with van der Waals surface area (Å²) in [5.74, 6) is 1.04. The fourth-order valence-corrected chi connectivity index (χ4v) is 2.47. The van der Waals surface area contributed by atoms with Gasteiger partial charge in [0, 0.05) is 16.8 Å². The van der Waals surface area contributed by atoms with Crippen LogP contribution in [-0.4, -0.2) is 42.4 Å². The van der Waals surface area contributed by atoms with E-state index in [4.69, 9.17) is 11.6 Å². The van der Waals surface area contributed by atoms with Crippen LogP contribution in [-0.2, 0) is 0 Å². The second kappa shape index (κ2) is 6.49. The number of nitrogens with zero attached hydrogens (tertiary/aromatic N) is 4. The van der Waals surface area contributed by atoms with Crippen molar-refractivity contribution in [2.24, 2.45) is 0 Å². The number of benzene rings is 1. The van der Waals surface area contributed by atoms with Gasteiger partial charge in [0.05, 0.1) is 12.6 Å². The van der Waals surface area contributed by atoms with Gasteiger partial charge in [-0.15, -0.1) is 0 Å². The number of aryl methyl sites for hydroxylation is 1. The van der Waals surface area contributed by atoms with E-state index in [0.717, 1.165) is 5.69 Å². The van der Waals surface area contributed by atoms with Crippen molar-refractivity contribution in [3.8, 4) is 0 Å². The second-order valence-corrected chi connectivity index (χ2v) is 5.62. The van der Waals surface area contributed by atoms with Crippen LogP contribution in [0.3, 0.4) is 0 Å². The number of fused-ring (bicyclic) bond motifs is 1. The van der Waals surface area contributed by atoms with Crippen molar-refractivity contribution in [1.29, 1.82) is 0 Å². The molecule has 1 aromatic carbocycles. The van der Waals surface area contributed by atoms with E-state index >= 15 is 0 Å². The summed E-state index contributed by atoms with van der Waals surface area (Å²) in [6, 6.07) is 7.99. The number of aliphatic hydroxyl groups excluding tert-OH is 2. The van der Waals surface area contributed by atoms with Gasteiger partial charge >= 0.3 is 0 Å². The van der Waals surface area contributed by atoms with Crippen LogP contribution >= 0.6 is 11.6 Å². The zero-order valence-corrected chi connectivity index (χ0v) is 13.1. The molecular formula is C15H16ClN5O2. The van der Waals surface area contributed by atoms with Crippen molar-refractivity contribution in [2.45, 2.75) is 19.1 Å². The van der Waals surface area contributed by atoms with Crippen molar-refractivity contribution < 1.29 is 10.2 Å². The number of nitrogens with one attached hydrogen (secondary N) is 1. The Kier molecular flexibility index (Phi) is 4.42. The highest BCUT2D eigenvalue weighted by Gasteiger charge is 2.21. The Morgan fingerprint density at radius 3 is 2.74 bits per heavy atom. The maximum absolute atomic E-state index is 10.5. The maximum atomic E-state index is 10.5. The fourth-order valence-electron chi connectivity index (χ4n) is 2.34. The number of rotatable bonds is 5. The molecule has 7 nitrogen and oxygen atoms in total. The number of hydrogen-bond donors (Lipinski definition) is 3. The van der Waals surface area contributed by atoms with Gasteiger partial charge in [-0.3, -0.25) is 0 Å². The predicted octanol–water partition coefficient (Wildman–Crippen LogP) is 1.59. The molecule has 2 heterocycles. The highest BCUT2D eigenvalue weighted by molar-refractivity contribution is 6.30. The first-order valence-corrected chi connectivity index (χ1v) is 7.44. The minimum absolute atomic E-state index is 0.263. The summed E-state index contributed by atoms with van der Waals surface area (Å²) < 4.78 is 1.52. The molecule has 0 aliphatic carbocycles. The van der Waals surface area contributed by atoms with Gasteiger partial charge in [0.15, 0.2) is 0 Å². The van der Waals surface area contributed by atoms with E-state index < -0.39 is 12.1 Å². The zero-order valence-electron chi connectivity index (χ0n) is 12.4. The van der Waals surface area contributed by atoms with E-state index in [1.165, 1.54) is 10.8 Å². The highest BCUT2D eigenvalue weighted by Crippen LogP contribution is 2.22.